The highest BCUT2D eigenvalue weighted by molar-refractivity contribution is 5.96. The van der Waals surface area contributed by atoms with Crippen molar-refractivity contribution in [3.63, 3.8) is 0 Å². The summed E-state index contributed by atoms with van der Waals surface area (Å²) in [7, 11) is 1.60. The number of carbonyl (C=O) groups excluding carboxylic acids is 1. The fourth-order valence-electron chi connectivity index (χ4n) is 2.88. The van der Waals surface area contributed by atoms with Gasteiger partial charge in [-0.1, -0.05) is 13.0 Å². The number of anilines is 1. The summed E-state index contributed by atoms with van der Waals surface area (Å²) in [6, 6.07) is 5.55. The fourth-order valence-corrected chi connectivity index (χ4v) is 2.88. The van der Waals surface area contributed by atoms with Gasteiger partial charge in [0.1, 0.15) is 5.75 Å². The molecule has 1 aromatic carbocycles. The van der Waals surface area contributed by atoms with Crippen LogP contribution in [0.1, 0.15) is 31.7 Å². The number of aliphatic hydroxyl groups is 1. The molecule has 5 nitrogen and oxygen atoms in total. The van der Waals surface area contributed by atoms with E-state index in [2.05, 4.69) is 10.2 Å². The zero-order valence-electron chi connectivity index (χ0n) is 13.6. The molecule has 0 spiro atoms. The predicted molar refractivity (Wildman–Crippen MR) is 87.3 cm³/mol. The largest absolute Gasteiger partial charge is 0.495 e. The molecule has 0 saturated carbocycles. The van der Waals surface area contributed by atoms with Crippen LogP contribution < -0.4 is 10.1 Å². The van der Waals surface area contributed by atoms with E-state index < -0.39 is 0 Å². The van der Waals surface area contributed by atoms with Crippen molar-refractivity contribution in [3.05, 3.63) is 23.8 Å². The Morgan fingerprint density at radius 2 is 2.32 bits per heavy atom. The Balaban J connectivity index is 2.06. The van der Waals surface area contributed by atoms with Gasteiger partial charge in [-0.25, -0.2) is 0 Å². The molecule has 0 bridgehead atoms. The number of carbonyl (C=O) groups is 1. The maximum atomic E-state index is 12.6. The van der Waals surface area contributed by atoms with E-state index in [0.29, 0.717) is 24.4 Å². The minimum atomic E-state index is -0.373. The van der Waals surface area contributed by atoms with Gasteiger partial charge in [-0.3, -0.25) is 9.69 Å². The normalized spacial score (nSPS) is 19.9. The third-order valence-electron chi connectivity index (χ3n) is 4.20. The van der Waals surface area contributed by atoms with Gasteiger partial charge in [-0.05, 0) is 50.4 Å². The van der Waals surface area contributed by atoms with Crippen LogP contribution in [-0.2, 0) is 4.79 Å². The van der Waals surface area contributed by atoms with E-state index in [-0.39, 0.29) is 18.1 Å². The molecule has 1 amide bonds. The molecule has 1 aliphatic heterocycles. The van der Waals surface area contributed by atoms with E-state index in [0.717, 1.165) is 24.9 Å². The molecule has 22 heavy (non-hydrogen) atoms. The van der Waals surface area contributed by atoms with Gasteiger partial charge in [-0.15, -0.1) is 0 Å². The average molecular weight is 306 g/mol. The van der Waals surface area contributed by atoms with Crippen LogP contribution in [0.4, 0.5) is 5.69 Å². The number of aryl methyl sites for hydroxylation is 1. The molecule has 2 rings (SSSR count). The van der Waals surface area contributed by atoms with Gasteiger partial charge < -0.3 is 15.2 Å². The quantitative estimate of drug-likeness (QED) is 0.845. The second-order valence-corrected chi connectivity index (χ2v) is 5.91. The summed E-state index contributed by atoms with van der Waals surface area (Å²) < 4.78 is 5.30. The molecule has 1 aromatic rings. The lowest BCUT2D eigenvalue weighted by Crippen LogP contribution is -2.43. The molecule has 122 valence electrons. The van der Waals surface area contributed by atoms with Gasteiger partial charge in [0.15, 0.2) is 0 Å². The summed E-state index contributed by atoms with van der Waals surface area (Å²) in [5.41, 5.74) is 1.77. The van der Waals surface area contributed by atoms with Crippen LogP contribution in [0.2, 0.25) is 0 Å². The van der Waals surface area contributed by atoms with Crippen LogP contribution in [0.25, 0.3) is 0 Å². The molecular weight excluding hydrogens is 280 g/mol. The van der Waals surface area contributed by atoms with Gasteiger partial charge in [0.2, 0.25) is 5.91 Å². The maximum absolute atomic E-state index is 12.6. The molecule has 1 heterocycles. The molecule has 0 aromatic heterocycles. The van der Waals surface area contributed by atoms with E-state index >= 15 is 0 Å². The third-order valence-corrected chi connectivity index (χ3v) is 4.20. The van der Waals surface area contributed by atoms with Crippen LogP contribution in [-0.4, -0.2) is 48.3 Å². The number of hydrogen-bond donors (Lipinski definition) is 2. The standard InChI is InChI=1S/C17H26N2O3/c1-4-13(20)11-19-9-5-6-15(19)17(21)18-14-10-12(2)7-8-16(14)22-3/h7-8,10,13,15,20H,4-6,9,11H2,1-3H3,(H,18,21)/t13-,15?/m1/s1. The Morgan fingerprint density at radius 3 is 3.00 bits per heavy atom. The summed E-state index contributed by atoms with van der Waals surface area (Å²) in [4.78, 5) is 14.7. The van der Waals surface area contributed by atoms with Crippen LogP contribution in [0.5, 0.6) is 5.75 Å². The number of methoxy groups -OCH3 is 1. The van der Waals surface area contributed by atoms with Crippen LogP contribution >= 0.6 is 0 Å². The number of aliphatic hydroxyl groups excluding tert-OH is 1. The van der Waals surface area contributed by atoms with Crippen molar-refractivity contribution in [1.82, 2.24) is 4.90 Å². The summed E-state index contributed by atoms with van der Waals surface area (Å²) in [5.74, 6) is 0.641. The number of nitrogens with zero attached hydrogens (tertiary/aromatic N) is 1. The van der Waals surface area contributed by atoms with E-state index in [4.69, 9.17) is 4.74 Å². The number of β-amino-alcohol motifs (C(OH)–C–C–N with tert-alkyl or cyclic N) is 1. The molecule has 1 aliphatic rings. The Kier molecular flexibility index (Phi) is 5.80. The van der Waals surface area contributed by atoms with Crippen molar-refractivity contribution in [3.8, 4) is 5.75 Å². The third kappa shape index (κ3) is 3.99. The number of nitrogens with one attached hydrogen (secondary N) is 1. The molecule has 1 unspecified atom stereocenters. The lowest BCUT2D eigenvalue weighted by atomic mass is 10.1. The number of likely N-dealkylation sites (tertiary alicyclic amines) is 1. The number of ether oxygens (including phenoxy) is 1. The van der Waals surface area contributed by atoms with E-state index in [9.17, 15) is 9.90 Å². The second kappa shape index (κ2) is 7.61. The monoisotopic (exact) mass is 306 g/mol. The molecule has 2 N–H and O–H groups in total. The van der Waals surface area contributed by atoms with Gasteiger partial charge in [0, 0.05) is 6.54 Å². The fraction of sp³-hybridized carbons (Fsp3) is 0.588. The minimum absolute atomic E-state index is 0.0234. The van der Waals surface area contributed by atoms with Crippen molar-refractivity contribution in [2.75, 3.05) is 25.5 Å². The highest BCUT2D eigenvalue weighted by atomic mass is 16.5. The van der Waals surface area contributed by atoms with Crippen molar-refractivity contribution >= 4 is 11.6 Å². The summed E-state index contributed by atoms with van der Waals surface area (Å²) in [5, 5.41) is 12.8. The first-order valence-electron chi connectivity index (χ1n) is 7.92. The smallest absolute Gasteiger partial charge is 0.241 e. The van der Waals surface area contributed by atoms with Gasteiger partial charge in [-0.2, -0.15) is 0 Å². The van der Waals surface area contributed by atoms with Crippen molar-refractivity contribution < 1.29 is 14.6 Å². The number of benzene rings is 1. The molecular formula is C17H26N2O3. The maximum Gasteiger partial charge on any atom is 0.241 e. The molecule has 0 aliphatic carbocycles. The molecule has 5 heteroatoms. The topological polar surface area (TPSA) is 61.8 Å². The van der Waals surface area contributed by atoms with Gasteiger partial charge in [0.25, 0.3) is 0 Å². The van der Waals surface area contributed by atoms with Crippen LogP contribution in [0.3, 0.4) is 0 Å². The van der Waals surface area contributed by atoms with E-state index in [1.807, 2.05) is 32.0 Å². The lowest BCUT2D eigenvalue weighted by Gasteiger charge is -2.26. The summed E-state index contributed by atoms with van der Waals surface area (Å²) in [6.07, 6.45) is 2.15. The number of amides is 1. The molecule has 1 fully saturated rings. The molecule has 2 atom stereocenters. The van der Waals surface area contributed by atoms with E-state index in [1.54, 1.807) is 7.11 Å². The van der Waals surface area contributed by atoms with Crippen molar-refractivity contribution in [2.45, 2.75) is 45.3 Å². The van der Waals surface area contributed by atoms with Crippen molar-refractivity contribution in [2.24, 2.45) is 0 Å². The number of hydrogen-bond acceptors (Lipinski definition) is 4. The highest BCUT2D eigenvalue weighted by Crippen LogP contribution is 2.27. The summed E-state index contributed by atoms with van der Waals surface area (Å²) in [6.45, 7) is 5.35. The Bertz CT molecular complexity index is 519. The zero-order chi connectivity index (χ0) is 16.1. The first kappa shape index (κ1) is 16.8. The van der Waals surface area contributed by atoms with Crippen molar-refractivity contribution in [1.29, 1.82) is 0 Å². The summed E-state index contributed by atoms with van der Waals surface area (Å²) >= 11 is 0. The predicted octanol–water partition coefficient (Wildman–Crippen LogP) is 2.18. The second-order valence-electron chi connectivity index (χ2n) is 5.91. The van der Waals surface area contributed by atoms with Gasteiger partial charge in [0.05, 0.1) is 24.9 Å². The molecule has 0 radical (unpaired) electrons. The molecule has 1 saturated heterocycles. The number of rotatable bonds is 6. The van der Waals surface area contributed by atoms with Gasteiger partial charge >= 0.3 is 0 Å². The highest BCUT2D eigenvalue weighted by Gasteiger charge is 2.31. The van der Waals surface area contributed by atoms with E-state index in [1.165, 1.54) is 0 Å². The van der Waals surface area contributed by atoms with Crippen LogP contribution in [0, 0.1) is 6.92 Å². The average Bonchev–Trinajstić information content (AvgIpc) is 2.95. The Morgan fingerprint density at radius 1 is 1.55 bits per heavy atom. The minimum Gasteiger partial charge on any atom is -0.495 e. The lowest BCUT2D eigenvalue weighted by molar-refractivity contribution is -0.120. The Labute approximate surface area is 132 Å². The first-order valence-corrected chi connectivity index (χ1v) is 7.92. The SMILES string of the molecule is CC[C@@H](O)CN1CCCC1C(=O)Nc1cc(C)ccc1OC. The first-order chi connectivity index (χ1) is 10.5. The zero-order valence-corrected chi connectivity index (χ0v) is 13.6. The Hall–Kier alpha value is -1.59. The van der Waals surface area contributed by atoms with Crippen LogP contribution in [0.15, 0.2) is 18.2 Å².